The topological polar surface area (TPSA) is 241 Å². The summed E-state index contributed by atoms with van der Waals surface area (Å²) < 4.78 is 15.8. The number of carbonyl (C=O) groups excluding carboxylic acids is 3. The normalized spacial score (nSPS) is 27.3. The molecule has 8 N–H and O–H groups in total. The van der Waals surface area contributed by atoms with Gasteiger partial charge in [0.05, 0.1) is 25.4 Å². The molecule has 36 heavy (non-hydrogen) atoms. The number of amides is 2. The van der Waals surface area contributed by atoms with E-state index in [4.69, 9.17) is 19.3 Å². The van der Waals surface area contributed by atoms with E-state index in [2.05, 4.69) is 10.6 Å². The molecule has 0 spiro atoms. The third kappa shape index (κ3) is 9.24. The van der Waals surface area contributed by atoms with Crippen LogP contribution in [0.3, 0.4) is 0 Å². The van der Waals surface area contributed by atoms with E-state index < -0.39 is 85.4 Å². The summed E-state index contributed by atoms with van der Waals surface area (Å²) in [7, 11) is 0. The van der Waals surface area contributed by atoms with E-state index in [1.165, 1.54) is 20.8 Å². The molecule has 0 aromatic rings. The van der Waals surface area contributed by atoms with Gasteiger partial charge in [-0.3, -0.25) is 14.4 Å². The van der Waals surface area contributed by atoms with Gasteiger partial charge in [0.25, 0.3) is 0 Å². The standard InChI is InChI=1S/C21H36N2O13/c1-4-34-20(33)14(9(2)35-21-18(31)17(30)16(29)10(3)36-21)23-19(32)15(11(25)8-24)22-12(26)6-5-7-13(27)28/h9-11,14-18,21,24-25,29-31H,4-8H2,1-3H3,(H,22,26)(H,23,32)(H,27,28)/t9-,10+,11+,14+,15-,16-,17?,18?,21-/m1/s1. The van der Waals surface area contributed by atoms with E-state index in [-0.39, 0.29) is 25.9 Å². The highest BCUT2D eigenvalue weighted by Gasteiger charge is 2.44. The number of carboxylic acids is 1. The van der Waals surface area contributed by atoms with Crippen molar-refractivity contribution in [3.8, 4) is 0 Å². The first-order chi connectivity index (χ1) is 16.8. The number of ether oxygens (including phenoxy) is 3. The summed E-state index contributed by atoms with van der Waals surface area (Å²) >= 11 is 0. The van der Waals surface area contributed by atoms with Crippen LogP contribution in [0.4, 0.5) is 0 Å². The lowest BCUT2D eigenvalue weighted by atomic mass is 10.00. The number of hydrogen-bond acceptors (Lipinski definition) is 12. The van der Waals surface area contributed by atoms with Gasteiger partial charge in [0, 0.05) is 12.8 Å². The van der Waals surface area contributed by atoms with Crippen molar-refractivity contribution in [3.63, 3.8) is 0 Å². The van der Waals surface area contributed by atoms with Gasteiger partial charge in [0.2, 0.25) is 11.8 Å². The first kappa shape index (κ1) is 31.6. The van der Waals surface area contributed by atoms with Crippen molar-refractivity contribution in [1.29, 1.82) is 0 Å². The molecule has 0 aromatic heterocycles. The number of carbonyl (C=O) groups is 4. The Morgan fingerprint density at radius 3 is 2.19 bits per heavy atom. The highest BCUT2D eigenvalue weighted by atomic mass is 16.7. The maximum atomic E-state index is 12.9. The van der Waals surface area contributed by atoms with Crippen molar-refractivity contribution in [2.75, 3.05) is 13.2 Å². The van der Waals surface area contributed by atoms with Crippen LogP contribution in [0.1, 0.15) is 40.0 Å². The summed E-state index contributed by atoms with van der Waals surface area (Å²) in [5.74, 6) is -3.96. The Hall–Kier alpha value is -2.40. The van der Waals surface area contributed by atoms with E-state index in [0.717, 1.165) is 0 Å². The van der Waals surface area contributed by atoms with E-state index in [0.29, 0.717) is 0 Å². The molecule has 0 aliphatic carbocycles. The van der Waals surface area contributed by atoms with E-state index >= 15 is 0 Å². The predicted octanol–water partition coefficient (Wildman–Crippen LogP) is -3.64. The van der Waals surface area contributed by atoms with Crippen LogP contribution in [0.5, 0.6) is 0 Å². The molecule has 1 saturated heterocycles. The fourth-order valence-corrected chi connectivity index (χ4v) is 3.35. The van der Waals surface area contributed by atoms with Crippen LogP contribution < -0.4 is 10.6 Å². The first-order valence-electron chi connectivity index (χ1n) is 11.5. The van der Waals surface area contributed by atoms with Crippen LogP contribution in [0.25, 0.3) is 0 Å². The van der Waals surface area contributed by atoms with Gasteiger partial charge in [0.1, 0.15) is 30.5 Å². The summed E-state index contributed by atoms with van der Waals surface area (Å²) in [6, 6.07) is -3.27. The quantitative estimate of drug-likeness (QED) is 0.102. The molecule has 9 atom stereocenters. The summed E-state index contributed by atoms with van der Waals surface area (Å²) in [4.78, 5) is 48.2. The third-order valence-electron chi connectivity index (χ3n) is 5.43. The number of aliphatic hydroxyl groups is 5. The van der Waals surface area contributed by atoms with Gasteiger partial charge in [0.15, 0.2) is 12.3 Å². The maximum Gasteiger partial charge on any atom is 0.331 e. The molecular weight excluding hydrogens is 488 g/mol. The summed E-state index contributed by atoms with van der Waals surface area (Å²) in [6.07, 6.45) is -10.8. The van der Waals surface area contributed by atoms with Crippen molar-refractivity contribution in [2.24, 2.45) is 0 Å². The molecule has 208 valence electrons. The molecule has 15 heteroatoms. The van der Waals surface area contributed by atoms with Gasteiger partial charge in [-0.15, -0.1) is 0 Å². The second kappa shape index (κ2) is 15.0. The molecule has 1 heterocycles. The fraction of sp³-hybridized carbons (Fsp3) is 0.810. The van der Waals surface area contributed by atoms with E-state index in [1.807, 2.05) is 0 Å². The second-order valence-electron chi connectivity index (χ2n) is 8.30. The third-order valence-corrected chi connectivity index (χ3v) is 5.43. The minimum absolute atomic E-state index is 0.0380. The van der Waals surface area contributed by atoms with Gasteiger partial charge in [-0.25, -0.2) is 4.79 Å². The number of esters is 1. The molecule has 2 unspecified atom stereocenters. The molecular formula is C21H36N2O13. The minimum atomic E-state index is -1.77. The lowest BCUT2D eigenvalue weighted by Crippen LogP contribution is -2.61. The highest BCUT2D eigenvalue weighted by molar-refractivity contribution is 5.91. The Bertz CT molecular complexity index is 751. The Morgan fingerprint density at radius 2 is 1.64 bits per heavy atom. The number of nitrogens with one attached hydrogen (secondary N) is 2. The number of aliphatic carboxylic acids is 1. The summed E-state index contributed by atoms with van der Waals surface area (Å²) in [5.41, 5.74) is 0. The van der Waals surface area contributed by atoms with Crippen molar-refractivity contribution in [3.05, 3.63) is 0 Å². The van der Waals surface area contributed by atoms with Crippen LogP contribution in [0.2, 0.25) is 0 Å². The Balaban J connectivity index is 2.98. The Morgan fingerprint density at radius 1 is 1.00 bits per heavy atom. The number of hydrogen-bond donors (Lipinski definition) is 8. The van der Waals surface area contributed by atoms with Crippen molar-refractivity contribution in [2.45, 2.75) is 95.0 Å². The molecule has 0 saturated carbocycles. The summed E-state index contributed by atoms with van der Waals surface area (Å²) in [6.45, 7) is 3.24. The van der Waals surface area contributed by atoms with E-state index in [1.54, 1.807) is 0 Å². The number of aliphatic hydroxyl groups excluding tert-OH is 5. The number of rotatable bonds is 14. The van der Waals surface area contributed by atoms with Gasteiger partial charge in [-0.05, 0) is 27.2 Å². The molecule has 2 amide bonds. The predicted molar refractivity (Wildman–Crippen MR) is 118 cm³/mol. The molecule has 0 bridgehead atoms. The molecule has 1 aliphatic heterocycles. The van der Waals surface area contributed by atoms with Crippen molar-refractivity contribution >= 4 is 23.8 Å². The largest absolute Gasteiger partial charge is 0.481 e. The molecule has 1 rings (SSSR count). The van der Waals surface area contributed by atoms with E-state index in [9.17, 15) is 44.7 Å². The average Bonchev–Trinajstić information content (AvgIpc) is 2.82. The van der Waals surface area contributed by atoms with Crippen LogP contribution in [0, 0.1) is 0 Å². The molecule has 15 nitrogen and oxygen atoms in total. The van der Waals surface area contributed by atoms with Crippen LogP contribution in [-0.2, 0) is 33.4 Å². The number of carboxylic acid groups (broad SMARTS) is 1. The zero-order valence-corrected chi connectivity index (χ0v) is 20.3. The lowest BCUT2D eigenvalue weighted by Gasteiger charge is -2.40. The zero-order valence-electron chi connectivity index (χ0n) is 20.3. The SMILES string of the molecule is CCOC(=O)[C@@H](NC(=O)[C@H](NC(=O)CCCC(=O)O)[C@@H](O)CO)[C@@H](C)O[C@@H]1O[C@@H](C)[C@@H](O)C(O)C1O. The average molecular weight is 525 g/mol. The second-order valence-corrected chi connectivity index (χ2v) is 8.30. The van der Waals surface area contributed by atoms with Gasteiger partial charge >= 0.3 is 11.9 Å². The van der Waals surface area contributed by atoms with Crippen LogP contribution in [-0.4, -0.2) is 123 Å². The Kier molecular flexibility index (Phi) is 13.2. The Labute approximate surface area is 207 Å². The monoisotopic (exact) mass is 524 g/mol. The van der Waals surface area contributed by atoms with Crippen LogP contribution >= 0.6 is 0 Å². The van der Waals surface area contributed by atoms with Crippen molar-refractivity contribution in [1.82, 2.24) is 10.6 Å². The van der Waals surface area contributed by atoms with Gasteiger partial charge in [-0.2, -0.15) is 0 Å². The zero-order chi connectivity index (χ0) is 27.6. The first-order valence-corrected chi connectivity index (χ1v) is 11.5. The molecule has 1 aliphatic rings. The molecule has 0 aromatic carbocycles. The highest BCUT2D eigenvalue weighted by Crippen LogP contribution is 2.23. The van der Waals surface area contributed by atoms with Gasteiger partial charge < -0.3 is 55.5 Å². The van der Waals surface area contributed by atoms with Crippen LogP contribution in [0.15, 0.2) is 0 Å². The lowest BCUT2D eigenvalue weighted by molar-refractivity contribution is -0.304. The fourth-order valence-electron chi connectivity index (χ4n) is 3.35. The summed E-state index contributed by atoms with van der Waals surface area (Å²) in [5, 5.41) is 62.4. The molecule has 1 fully saturated rings. The molecule has 0 radical (unpaired) electrons. The van der Waals surface area contributed by atoms with Crippen molar-refractivity contribution < 1.29 is 64.0 Å². The van der Waals surface area contributed by atoms with Gasteiger partial charge in [-0.1, -0.05) is 0 Å². The maximum absolute atomic E-state index is 12.9. The minimum Gasteiger partial charge on any atom is -0.481 e. The smallest absolute Gasteiger partial charge is 0.331 e.